The third-order valence-corrected chi connectivity index (χ3v) is 7.51. The minimum atomic E-state index is -3.96. The van der Waals surface area contributed by atoms with E-state index in [1.54, 1.807) is 0 Å². The second kappa shape index (κ2) is 14.2. The SMILES string of the molecule is CCc1cccc(CNC[C@H](O)[C@H](Cc2cc(F)cc(F)c2)NC(=O)c2cccc(S(=O)(=O)NCCO)c2)c1. The highest BCUT2D eigenvalue weighted by Crippen LogP contribution is 2.15. The van der Waals surface area contributed by atoms with E-state index < -0.39 is 46.3 Å². The fourth-order valence-corrected chi connectivity index (χ4v) is 5.12. The molecule has 0 bridgehead atoms. The van der Waals surface area contributed by atoms with Gasteiger partial charge < -0.3 is 20.8 Å². The number of carbonyl (C=O) groups is 1. The summed E-state index contributed by atoms with van der Waals surface area (Å²) in [7, 11) is -3.96. The van der Waals surface area contributed by atoms with E-state index in [0.29, 0.717) is 6.54 Å². The molecule has 0 aliphatic rings. The number of aliphatic hydroxyl groups excluding tert-OH is 2. The second-order valence-corrected chi connectivity index (χ2v) is 10.8. The lowest BCUT2D eigenvalue weighted by Gasteiger charge is -2.25. The van der Waals surface area contributed by atoms with Gasteiger partial charge in [-0.1, -0.05) is 37.3 Å². The normalized spacial score (nSPS) is 13.2. The highest BCUT2D eigenvalue weighted by molar-refractivity contribution is 7.89. The standard InChI is InChI=1S/C28H33F2N3O5S/c1-2-19-5-3-6-20(11-19)17-31-18-27(35)26(14-21-12-23(29)16-24(30)13-21)33-28(36)22-7-4-8-25(15-22)39(37,38)32-9-10-34/h3-8,11-13,15-16,26-27,31-32,34-35H,2,9-10,14,17-18H2,1H3,(H,33,36)/t26-,27-/m0/s1. The molecule has 11 heteroatoms. The topological polar surface area (TPSA) is 128 Å². The Morgan fingerprint density at radius 3 is 2.33 bits per heavy atom. The van der Waals surface area contributed by atoms with Crippen LogP contribution in [0.4, 0.5) is 8.78 Å². The molecule has 5 N–H and O–H groups in total. The zero-order valence-electron chi connectivity index (χ0n) is 21.5. The highest BCUT2D eigenvalue weighted by atomic mass is 32.2. The van der Waals surface area contributed by atoms with Gasteiger partial charge in [-0.25, -0.2) is 21.9 Å². The van der Waals surface area contributed by atoms with Gasteiger partial charge in [0.25, 0.3) is 5.91 Å². The van der Waals surface area contributed by atoms with Crippen molar-refractivity contribution in [3.63, 3.8) is 0 Å². The van der Waals surface area contributed by atoms with E-state index in [1.165, 1.54) is 29.8 Å². The molecule has 0 radical (unpaired) electrons. The van der Waals surface area contributed by atoms with Crippen LogP contribution in [0.3, 0.4) is 0 Å². The molecule has 0 saturated heterocycles. The van der Waals surface area contributed by atoms with Gasteiger partial charge in [0, 0.05) is 31.3 Å². The lowest BCUT2D eigenvalue weighted by Crippen LogP contribution is -2.48. The van der Waals surface area contributed by atoms with Crippen molar-refractivity contribution in [3.8, 4) is 0 Å². The van der Waals surface area contributed by atoms with Crippen molar-refractivity contribution in [3.05, 3.63) is 101 Å². The van der Waals surface area contributed by atoms with Crippen molar-refractivity contribution in [2.24, 2.45) is 0 Å². The summed E-state index contributed by atoms with van der Waals surface area (Å²) in [6.45, 7) is 2.00. The van der Waals surface area contributed by atoms with E-state index in [9.17, 15) is 27.1 Å². The Hall–Kier alpha value is -3.22. The van der Waals surface area contributed by atoms with Gasteiger partial charge >= 0.3 is 0 Å². The first-order valence-corrected chi connectivity index (χ1v) is 14.0. The van der Waals surface area contributed by atoms with Crippen LogP contribution < -0.4 is 15.4 Å². The van der Waals surface area contributed by atoms with Gasteiger partial charge in [-0.3, -0.25) is 4.79 Å². The van der Waals surface area contributed by atoms with Crippen LogP contribution in [0.5, 0.6) is 0 Å². The number of aliphatic hydroxyl groups is 2. The molecule has 0 heterocycles. The molecule has 0 saturated carbocycles. The summed E-state index contributed by atoms with van der Waals surface area (Å²) < 4.78 is 54.7. The number of benzene rings is 3. The maximum atomic E-state index is 13.8. The first-order valence-electron chi connectivity index (χ1n) is 12.5. The monoisotopic (exact) mass is 561 g/mol. The Bertz CT molecular complexity index is 1350. The third-order valence-electron chi connectivity index (χ3n) is 6.05. The molecule has 0 aliphatic heterocycles. The number of sulfonamides is 1. The molecule has 0 aromatic heterocycles. The van der Waals surface area contributed by atoms with Crippen molar-refractivity contribution < 1.29 is 32.2 Å². The van der Waals surface area contributed by atoms with Crippen molar-refractivity contribution in [1.82, 2.24) is 15.4 Å². The average Bonchev–Trinajstić information content (AvgIpc) is 2.91. The molecule has 0 fully saturated rings. The molecule has 210 valence electrons. The Balaban J connectivity index is 1.76. The Morgan fingerprint density at radius 1 is 0.949 bits per heavy atom. The Kier molecular flexibility index (Phi) is 11.1. The summed E-state index contributed by atoms with van der Waals surface area (Å²) in [5.74, 6) is -2.25. The van der Waals surface area contributed by atoms with E-state index in [4.69, 9.17) is 5.11 Å². The first kappa shape index (κ1) is 30.3. The molecular formula is C28H33F2N3O5S. The number of aryl methyl sites for hydroxylation is 1. The predicted molar refractivity (Wildman–Crippen MR) is 144 cm³/mol. The van der Waals surface area contributed by atoms with E-state index in [0.717, 1.165) is 30.2 Å². The Labute approximate surface area is 227 Å². The van der Waals surface area contributed by atoms with E-state index >= 15 is 0 Å². The van der Waals surface area contributed by atoms with Gasteiger partial charge in [0.1, 0.15) is 11.6 Å². The van der Waals surface area contributed by atoms with Crippen LogP contribution in [-0.2, 0) is 29.4 Å². The lowest BCUT2D eigenvalue weighted by molar-refractivity contribution is 0.0829. The zero-order valence-corrected chi connectivity index (χ0v) is 22.3. The van der Waals surface area contributed by atoms with Gasteiger partial charge in [0.15, 0.2) is 0 Å². The molecule has 0 unspecified atom stereocenters. The number of halogens is 2. The molecule has 3 aromatic carbocycles. The van der Waals surface area contributed by atoms with Crippen LogP contribution in [0.25, 0.3) is 0 Å². The van der Waals surface area contributed by atoms with Crippen LogP contribution >= 0.6 is 0 Å². The molecule has 0 aliphatic carbocycles. The van der Waals surface area contributed by atoms with E-state index in [-0.39, 0.29) is 35.5 Å². The molecule has 0 spiro atoms. The van der Waals surface area contributed by atoms with Crippen LogP contribution in [0.2, 0.25) is 0 Å². The zero-order chi connectivity index (χ0) is 28.4. The van der Waals surface area contributed by atoms with Crippen molar-refractivity contribution >= 4 is 15.9 Å². The van der Waals surface area contributed by atoms with Gasteiger partial charge in [-0.05, 0) is 59.9 Å². The predicted octanol–water partition coefficient (Wildman–Crippen LogP) is 2.29. The molecule has 3 rings (SSSR count). The van der Waals surface area contributed by atoms with Gasteiger partial charge in [0.05, 0.1) is 23.6 Å². The summed E-state index contributed by atoms with van der Waals surface area (Å²) in [5, 5.41) is 25.7. The van der Waals surface area contributed by atoms with E-state index in [2.05, 4.69) is 22.3 Å². The molecule has 39 heavy (non-hydrogen) atoms. The fourth-order valence-electron chi connectivity index (χ4n) is 4.05. The van der Waals surface area contributed by atoms with E-state index in [1.807, 2.05) is 24.3 Å². The molecular weight excluding hydrogens is 528 g/mol. The maximum Gasteiger partial charge on any atom is 0.251 e. The molecule has 2 atom stereocenters. The summed E-state index contributed by atoms with van der Waals surface area (Å²) in [5.41, 5.74) is 2.43. The minimum absolute atomic E-state index is 0.00818. The first-order chi connectivity index (χ1) is 18.6. The smallest absolute Gasteiger partial charge is 0.251 e. The largest absolute Gasteiger partial charge is 0.395 e. The maximum absolute atomic E-state index is 13.8. The van der Waals surface area contributed by atoms with Gasteiger partial charge in [-0.15, -0.1) is 0 Å². The van der Waals surface area contributed by atoms with Crippen molar-refractivity contribution in [1.29, 1.82) is 0 Å². The lowest BCUT2D eigenvalue weighted by atomic mass is 10.00. The summed E-state index contributed by atoms with van der Waals surface area (Å²) >= 11 is 0. The number of hydrogen-bond donors (Lipinski definition) is 5. The van der Waals surface area contributed by atoms with Crippen molar-refractivity contribution in [2.75, 3.05) is 19.7 Å². The second-order valence-electron chi connectivity index (χ2n) is 9.08. The van der Waals surface area contributed by atoms with Crippen LogP contribution in [0, 0.1) is 11.6 Å². The summed E-state index contributed by atoms with van der Waals surface area (Å²) in [4.78, 5) is 12.9. The number of rotatable bonds is 14. The van der Waals surface area contributed by atoms with Crippen molar-refractivity contribution in [2.45, 2.75) is 43.4 Å². The fraction of sp³-hybridized carbons (Fsp3) is 0.321. The van der Waals surface area contributed by atoms with Gasteiger partial charge in [0.2, 0.25) is 10.0 Å². The average molecular weight is 562 g/mol. The number of carbonyl (C=O) groups excluding carboxylic acids is 1. The Morgan fingerprint density at radius 2 is 1.64 bits per heavy atom. The van der Waals surface area contributed by atoms with Crippen LogP contribution in [0.1, 0.15) is 34.0 Å². The number of hydrogen-bond acceptors (Lipinski definition) is 6. The highest BCUT2D eigenvalue weighted by Gasteiger charge is 2.24. The summed E-state index contributed by atoms with van der Waals surface area (Å²) in [6.07, 6.45) is -0.341. The third kappa shape index (κ3) is 9.19. The molecule has 3 aromatic rings. The van der Waals surface area contributed by atoms with Crippen LogP contribution in [0.15, 0.2) is 71.6 Å². The number of nitrogens with one attached hydrogen (secondary N) is 3. The quantitative estimate of drug-likeness (QED) is 0.206. The minimum Gasteiger partial charge on any atom is -0.395 e. The summed E-state index contributed by atoms with van der Waals surface area (Å²) in [6, 6.07) is 15.2. The number of amides is 1. The van der Waals surface area contributed by atoms with Gasteiger partial charge in [-0.2, -0.15) is 0 Å². The van der Waals surface area contributed by atoms with Crippen LogP contribution in [-0.4, -0.2) is 56.4 Å². The molecule has 8 nitrogen and oxygen atoms in total. The molecule has 1 amide bonds.